The molecule has 0 atom stereocenters. The van der Waals surface area contributed by atoms with E-state index in [4.69, 9.17) is 4.74 Å². The van der Waals surface area contributed by atoms with Gasteiger partial charge in [-0.05, 0) is 53.4 Å². The van der Waals surface area contributed by atoms with Crippen molar-refractivity contribution in [2.75, 3.05) is 33.8 Å². The van der Waals surface area contributed by atoms with E-state index < -0.39 is 0 Å². The molecule has 0 saturated heterocycles. The number of ether oxygens (including phenoxy) is 1. The highest BCUT2D eigenvalue weighted by atomic mass is 16.5. The molecular formula is C11H24N2O. The van der Waals surface area contributed by atoms with Crippen molar-refractivity contribution in [2.45, 2.75) is 38.3 Å². The fourth-order valence-corrected chi connectivity index (χ4v) is 1.81. The summed E-state index contributed by atoms with van der Waals surface area (Å²) >= 11 is 0. The first kappa shape index (κ1) is 12.0. The maximum Gasteiger partial charge on any atom is 0.0604 e. The van der Waals surface area contributed by atoms with Crippen LogP contribution in [0.25, 0.3) is 0 Å². The van der Waals surface area contributed by atoms with Crippen molar-refractivity contribution in [3.05, 3.63) is 0 Å². The lowest BCUT2D eigenvalue weighted by Crippen LogP contribution is -2.46. The largest absolute Gasteiger partial charge is 0.378 e. The molecule has 0 radical (unpaired) electrons. The Hall–Kier alpha value is -0.120. The van der Waals surface area contributed by atoms with Gasteiger partial charge in [0, 0.05) is 12.6 Å². The van der Waals surface area contributed by atoms with Gasteiger partial charge < -0.3 is 15.0 Å². The number of hydrogen-bond acceptors (Lipinski definition) is 3. The van der Waals surface area contributed by atoms with E-state index in [1.807, 2.05) is 0 Å². The molecule has 0 aromatic carbocycles. The molecule has 1 aliphatic rings. The van der Waals surface area contributed by atoms with Crippen molar-refractivity contribution in [2.24, 2.45) is 0 Å². The molecule has 0 unspecified atom stereocenters. The van der Waals surface area contributed by atoms with Gasteiger partial charge in [0.15, 0.2) is 0 Å². The molecule has 0 aromatic heterocycles. The second-order valence-electron chi connectivity index (χ2n) is 4.36. The monoisotopic (exact) mass is 200 g/mol. The van der Waals surface area contributed by atoms with Crippen LogP contribution in [0.3, 0.4) is 0 Å². The Morgan fingerprint density at radius 3 is 2.64 bits per heavy atom. The van der Waals surface area contributed by atoms with Crippen molar-refractivity contribution in [3.8, 4) is 0 Å². The van der Waals surface area contributed by atoms with Crippen LogP contribution in [0.5, 0.6) is 0 Å². The number of hydrogen-bond donors (Lipinski definition) is 1. The first-order valence-corrected chi connectivity index (χ1v) is 5.72. The molecule has 0 spiro atoms. The lowest BCUT2D eigenvalue weighted by molar-refractivity contribution is -0.00980. The summed E-state index contributed by atoms with van der Waals surface area (Å²) in [5, 5.41) is 3.56. The highest BCUT2D eigenvalue weighted by Gasteiger charge is 2.28. The first-order valence-electron chi connectivity index (χ1n) is 5.72. The van der Waals surface area contributed by atoms with Crippen molar-refractivity contribution < 1.29 is 4.74 Å². The van der Waals surface area contributed by atoms with Crippen LogP contribution in [-0.2, 0) is 4.74 Å². The summed E-state index contributed by atoms with van der Waals surface area (Å²) in [4.78, 5) is 2.23. The van der Waals surface area contributed by atoms with E-state index in [1.54, 1.807) is 0 Å². The van der Waals surface area contributed by atoms with Gasteiger partial charge in [0.2, 0.25) is 0 Å². The van der Waals surface area contributed by atoms with Gasteiger partial charge in [0.05, 0.1) is 6.10 Å². The van der Waals surface area contributed by atoms with Crippen LogP contribution >= 0.6 is 0 Å². The number of nitrogens with one attached hydrogen (secondary N) is 1. The van der Waals surface area contributed by atoms with Gasteiger partial charge in [-0.15, -0.1) is 0 Å². The smallest absolute Gasteiger partial charge is 0.0604 e. The molecule has 0 heterocycles. The molecule has 1 aliphatic carbocycles. The summed E-state index contributed by atoms with van der Waals surface area (Å²) in [6, 6.07) is 0.716. The SMILES string of the molecule is CCOC1CC(NCCCN(C)C)C1. The maximum atomic E-state index is 5.50. The van der Waals surface area contributed by atoms with Crippen molar-refractivity contribution in [3.63, 3.8) is 0 Å². The third-order valence-corrected chi connectivity index (χ3v) is 2.71. The quantitative estimate of drug-likeness (QED) is 0.623. The Kier molecular flexibility index (Phi) is 5.45. The number of nitrogens with zero attached hydrogens (tertiary/aromatic N) is 1. The highest BCUT2D eigenvalue weighted by Crippen LogP contribution is 2.22. The lowest BCUT2D eigenvalue weighted by Gasteiger charge is -2.35. The second kappa shape index (κ2) is 6.38. The Morgan fingerprint density at radius 1 is 1.36 bits per heavy atom. The molecule has 1 saturated carbocycles. The standard InChI is InChI=1S/C11H24N2O/c1-4-14-11-8-10(9-11)12-6-5-7-13(2)3/h10-12H,4-9H2,1-3H3. The van der Waals surface area contributed by atoms with E-state index >= 15 is 0 Å². The third kappa shape index (κ3) is 4.40. The minimum Gasteiger partial charge on any atom is -0.378 e. The molecule has 1 N–H and O–H groups in total. The molecule has 1 rings (SSSR count). The van der Waals surface area contributed by atoms with Crippen LogP contribution < -0.4 is 5.32 Å². The summed E-state index contributed by atoms with van der Waals surface area (Å²) in [6.45, 7) is 5.24. The molecule has 0 aliphatic heterocycles. The van der Waals surface area contributed by atoms with E-state index in [9.17, 15) is 0 Å². The molecule has 0 bridgehead atoms. The molecule has 3 nitrogen and oxygen atoms in total. The van der Waals surface area contributed by atoms with Gasteiger partial charge in [-0.1, -0.05) is 0 Å². The van der Waals surface area contributed by atoms with E-state index in [1.165, 1.54) is 25.8 Å². The summed E-state index contributed by atoms with van der Waals surface area (Å²) in [6.07, 6.45) is 4.18. The topological polar surface area (TPSA) is 24.5 Å². The van der Waals surface area contributed by atoms with E-state index in [0.717, 1.165) is 13.2 Å². The van der Waals surface area contributed by atoms with Gasteiger partial charge in [-0.3, -0.25) is 0 Å². The van der Waals surface area contributed by atoms with Gasteiger partial charge in [0.1, 0.15) is 0 Å². The fourth-order valence-electron chi connectivity index (χ4n) is 1.81. The lowest BCUT2D eigenvalue weighted by atomic mass is 9.89. The Labute approximate surface area is 87.8 Å². The van der Waals surface area contributed by atoms with Gasteiger partial charge >= 0.3 is 0 Å². The van der Waals surface area contributed by atoms with E-state index in [2.05, 4.69) is 31.2 Å². The molecule has 1 fully saturated rings. The van der Waals surface area contributed by atoms with Crippen LogP contribution in [0, 0.1) is 0 Å². The molecule has 84 valence electrons. The predicted octanol–water partition coefficient (Wildman–Crippen LogP) is 1.10. The third-order valence-electron chi connectivity index (χ3n) is 2.71. The molecule has 0 amide bonds. The highest BCUT2D eigenvalue weighted by molar-refractivity contribution is 4.85. The molecule has 0 aromatic rings. The second-order valence-corrected chi connectivity index (χ2v) is 4.36. The van der Waals surface area contributed by atoms with Crippen LogP contribution in [0.4, 0.5) is 0 Å². The predicted molar refractivity (Wildman–Crippen MR) is 59.6 cm³/mol. The molecular weight excluding hydrogens is 176 g/mol. The van der Waals surface area contributed by atoms with Crippen LogP contribution in [0.1, 0.15) is 26.2 Å². The van der Waals surface area contributed by atoms with Gasteiger partial charge in [-0.2, -0.15) is 0 Å². The van der Waals surface area contributed by atoms with Crippen molar-refractivity contribution in [1.82, 2.24) is 10.2 Å². The minimum atomic E-state index is 0.534. The van der Waals surface area contributed by atoms with Crippen molar-refractivity contribution in [1.29, 1.82) is 0 Å². The average Bonchev–Trinajstić information content (AvgIpc) is 2.06. The average molecular weight is 200 g/mol. The van der Waals surface area contributed by atoms with Crippen molar-refractivity contribution >= 4 is 0 Å². The van der Waals surface area contributed by atoms with Gasteiger partial charge in [0.25, 0.3) is 0 Å². The first-order chi connectivity index (χ1) is 6.72. The summed E-state index contributed by atoms with van der Waals surface area (Å²) < 4.78 is 5.50. The fraction of sp³-hybridized carbons (Fsp3) is 1.00. The van der Waals surface area contributed by atoms with Crippen LogP contribution in [0.15, 0.2) is 0 Å². The zero-order valence-electron chi connectivity index (χ0n) is 9.75. The summed E-state index contributed by atoms with van der Waals surface area (Å²) in [5.41, 5.74) is 0. The van der Waals surface area contributed by atoms with Crippen LogP contribution in [0.2, 0.25) is 0 Å². The van der Waals surface area contributed by atoms with E-state index in [0.29, 0.717) is 12.1 Å². The summed E-state index contributed by atoms with van der Waals surface area (Å²) in [5.74, 6) is 0. The Morgan fingerprint density at radius 2 is 2.07 bits per heavy atom. The Bertz CT molecular complexity index is 144. The minimum absolute atomic E-state index is 0.534. The zero-order chi connectivity index (χ0) is 10.4. The molecule has 3 heteroatoms. The maximum absolute atomic E-state index is 5.50. The summed E-state index contributed by atoms with van der Waals surface area (Å²) in [7, 11) is 4.24. The zero-order valence-corrected chi connectivity index (χ0v) is 9.75. The Balaban J connectivity index is 1.86. The van der Waals surface area contributed by atoms with E-state index in [-0.39, 0.29) is 0 Å². The molecule has 14 heavy (non-hydrogen) atoms. The number of rotatable bonds is 7. The normalized spacial score (nSPS) is 26.6. The van der Waals surface area contributed by atoms with Gasteiger partial charge in [-0.25, -0.2) is 0 Å². The van der Waals surface area contributed by atoms with Crippen LogP contribution in [-0.4, -0.2) is 50.8 Å².